The molecule has 112 valence electrons. The van der Waals surface area contributed by atoms with Crippen molar-refractivity contribution in [2.75, 3.05) is 26.7 Å². The number of likely N-dealkylation sites (N-methyl/N-ethyl adjacent to an activating group) is 1. The molecular formula is C12H22N6OS. The van der Waals surface area contributed by atoms with Gasteiger partial charge in [0.25, 0.3) is 0 Å². The molecule has 8 heteroatoms. The first-order valence-corrected chi connectivity index (χ1v) is 7.96. The van der Waals surface area contributed by atoms with E-state index in [2.05, 4.69) is 20.8 Å². The first kappa shape index (κ1) is 15.2. The highest BCUT2D eigenvalue weighted by molar-refractivity contribution is 8.00. The van der Waals surface area contributed by atoms with Crippen LogP contribution in [0.2, 0.25) is 0 Å². The van der Waals surface area contributed by atoms with E-state index >= 15 is 0 Å². The van der Waals surface area contributed by atoms with Crippen molar-refractivity contribution >= 4 is 17.7 Å². The van der Waals surface area contributed by atoms with Gasteiger partial charge in [-0.2, -0.15) is 0 Å². The SMILES string of the molecule is CNCCn1nnnc1SC(C)C(=O)N1CCCCC1. The minimum Gasteiger partial charge on any atom is -0.342 e. The number of rotatable bonds is 6. The number of nitrogens with one attached hydrogen (secondary N) is 1. The molecule has 1 atom stereocenters. The Morgan fingerprint density at radius 2 is 2.15 bits per heavy atom. The summed E-state index contributed by atoms with van der Waals surface area (Å²) in [5.41, 5.74) is 0. The number of likely N-dealkylation sites (tertiary alicyclic amines) is 1. The van der Waals surface area contributed by atoms with Crippen LogP contribution in [0.1, 0.15) is 26.2 Å². The van der Waals surface area contributed by atoms with Gasteiger partial charge in [-0.1, -0.05) is 11.8 Å². The third kappa shape index (κ3) is 3.92. The first-order chi connectivity index (χ1) is 9.72. The van der Waals surface area contributed by atoms with Gasteiger partial charge in [0.05, 0.1) is 11.8 Å². The van der Waals surface area contributed by atoms with Crippen LogP contribution in [0.4, 0.5) is 0 Å². The summed E-state index contributed by atoms with van der Waals surface area (Å²) in [4.78, 5) is 14.3. The van der Waals surface area contributed by atoms with Crippen LogP contribution in [0.3, 0.4) is 0 Å². The number of carbonyl (C=O) groups excluding carboxylic acids is 1. The van der Waals surface area contributed by atoms with Crippen LogP contribution in [0.15, 0.2) is 5.16 Å². The molecule has 1 aromatic rings. The minimum absolute atomic E-state index is 0.146. The molecule has 1 aromatic heterocycles. The molecule has 7 nitrogen and oxygen atoms in total. The second kappa shape index (κ2) is 7.58. The molecule has 1 unspecified atom stereocenters. The highest BCUT2D eigenvalue weighted by Gasteiger charge is 2.24. The van der Waals surface area contributed by atoms with Crippen molar-refractivity contribution < 1.29 is 4.79 Å². The fourth-order valence-corrected chi connectivity index (χ4v) is 3.12. The lowest BCUT2D eigenvalue weighted by Gasteiger charge is -2.28. The minimum atomic E-state index is -0.146. The van der Waals surface area contributed by atoms with Crippen molar-refractivity contribution in [3.63, 3.8) is 0 Å². The molecule has 1 N–H and O–H groups in total. The van der Waals surface area contributed by atoms with Gasteiger partial charge in [0.1, 0.15) is 0 Å². The number of hydrogen-bond acceptors (Lipinski definition) is 6. The van der Waals surface area contributed by atoms with Gasteiger partial charge >= 0.3 is 0 Å². The number of thioether (sulfide) groups is 1. The lowest BCUT2D eigenvalue weighted by atomic mass is 10.1. The average molecular weight is 298 g/mol. The van der Waals surface area contributed by atoms with E-state index in [1.54, 1.807) is 4.68 Å². The normalized spacial score (nSPS) is 17.2. The zero-order chi connectivity index (χ0) is 14.4. The maximum absolute atomic E-state index is 12.4. The summed E-state index contributed by atoms with van der Waals surface area (Å²) in [5.74, 6) is 0.192. The van der Waals surface area contributed by atoms with E-state index in [1.165, 1.54) is 18.2 Å². The van der Waals surface area contributed by atoms with E-state index in [0.717, 1.165) is 32.5 Å². The predicted octanol–water partition coefficient (Wildman–Crippen LogP) is 0.386. The van der Waals surface area contributed by atoms with Crippen LogP contribution in [-0.4, -0.2) is 62.9 Å². The molecule has 1 amide bonds. The molecule has 0 radical (unpaired) electrons. The van der Waals surface area contributed by atoms with Gasteiger partial charge in [0.15, 0.2) is 0 Å². The standard InChI is InChI=1S/C12H22N6OS/c1-10(11(19)17-7-4-3-5-8-17)20-12-14-15-16-18(12)9-6-13-2/h10,13H,3-9H2,1-2H3. The molecule has 2 heterocycles. The van der Waals surface area contributed by atoms with Crippen LogP contribution in [-0.2, 0) is 11.3 Å². The van der Waals surface area contributed by atoms with Crippen molar-refractivity contribution in [1.82, 2.24) is 30.4 Å². The first-order valence-electron chi connectivity index (χ1n) is 7.08. The third-order valence-corrected chi connectivity index (χ3v) is 4.43. The maximum Gasteiger partial charge on any atom is 0.235 e. The number of piperidine rings is 1. The van der Waals surface area contributed by atoms with Gasteiger partial charge in [-0.15, -0.1) is 5.10 Å². The Balaban J connectivity index is 1.91. The molecule has 2 rings (SSSR count). The Hall–Kier alpha value is -1.15. The van der Waals surface area contributed by atoms with Crippen LogP contribution in [0, 0.1) is 0 Å². The van der Waals surface area contributed by atoms with Gasteiger partial charge in [-0.25, -0.2) is 4.68 Å². The van der Waals surface area contributed by atoms with Crippen LogP contribution >= 0.6 is 11.8 Å². The molecule has 1 aliphatic heterocycles. The average Bonchev–Trinajstić information content (AvgIpc) is 2.92. The molecule has 0 aliphatic carbocycles. The third-order valence-electron chi connectivity index (χ3n) is 3.37. The van der Waals surface area contributed by atoms with Crippen LogP contribution in [0.5, 0.6) is 0 Å². The number of hydrogen-bond donors (Lipinski definition) is 1. The molecule has 20 heavy (non-hydrogen) atoms. The Morgan fingerprint density at radius 1 is 1.40 bits per heavy atom. The Morgan fingerprint density at radius 3 is 2.85 bits per heavy atom. The lowest BCUT2D eigenvalue weighted by Crippen LogP contribution is -2.40. The molecular weight excluding hydrogens is 276 g/mol. The Kier molecular flexibility index (Phi) is 5.78. The van der Waals surface area contributed by atoms with Gasteiger partial charge in [0, 0.05) is 19.6 Å². The van der Waals surface area contributed by atoms with Gasteiger partial charge in [-0.3, -0.25) is 4.79 Å². The Labute approximate surface area is 123 Å². The van der Waals surface area contributed by atoms with Crippen molar-refractivity contribution in [2.24, 2.45) is 0 Å². The van der Waals surface area contributed by atoms with Crippen LogP contribution in [0.25, 0.3) is 0 Å². The molecule has 0 aromatic carbocycles. The molecule has 1 aliphatic rings. The summed E-state index contributed by atoms with van der Waals surface area (Å²) in [7, 11) is 1.89. The Bertz CT molecular complexity index is 431. The van der Waals surface area contributed by atoms with Crippen molar-refractivity contribution in [3.8, 4) is 0 Å². The highest BCUT2D eigenvalue weighted by atomic mass is 32.2. The molecule has 0 bridgehead atoms. The number of nitrogens with zero attached hydrogens (tertiary/aromatic N) is 5. The zero-order valence-electron chi connectivity index (χ0n) is 12.1. The van der Waals surface area contributed by atoms with Gasteiger partial charge in [0.2, 0.25) is 11.1 Å². The second-order valence-corrected chi connectivity index (χ2v) is 6.24. The number of carbonyl (C=O) groups is 1. The zero-order valence-corrected chi connectivity index (χ0v) is 12.9. The number of tetrazole rings is 1. The fourth-order valence-electron chi connectivity index (χ4n) is 2.22. The molecule has 1 saturated heterocycles. The molecule has 0 spiro atoms. The van der Waals surface area contributed by atoms with Crippen molar-refractivity contribution in [1.29, 1.82) is 0 Å². The van der Waals surface area contributed by atoms with E-state index in [0.29, 0.717) is 11.7 Å². The summed E-state index contributed by atoms with van der Waals surface area (Å²) in [6.45, 7) is 5.20. The second-order valence-electron chi connectivity index (χ2n) is 4.93. The summed E-state index contributed by atoms with van der Waals surface area (Å²) in [6, 6.07) is 0. The fraction of sp³-hybridized carbons (Fsp3) is 0.833. The number of aromatic nitrogens is 4. The largest absolute Gasteiger partial charge is 0.342 e. The van der Waals surface area contributed by atoms with Crippen LogP contribution < -0.4 is 5.32 Å². The van der Waals surface area contributed by atoms with E-state index in [9.17, 15) is 4.79 Å². The maximum atomic E-state index is 12.4. The van der Waals surface area contributed by atoms with Crippen molar-refractivity contribution in [2.45, 2.75) is 43.1 Å². The van der Waals surface area contributed by atoms with E-state index in [1.807, 2.05) is 18.9 Å². The molecule has 0 saturated carbocycles. The highest BCUT2D eigenvalue weighted by Crippen LogP contribution is 2.23. The van der Waals surface area contributed by atoms with E-state index in [-0.39, 0.29) is 11.2 Å². The van der Waals surface area contributed by atoms with E-state index in [4.69, 9.17) is 0 Å². The topological polar surface area (TPSA) is 75.9 Å². The quantitative estimate of drug-likeness (QED) is 0.766. The van der Waals surface area contributed by atoms with E-state index < -0.39 is 0 Å². The van der Waals surface area contributed by atoms with Gasteiger partial charge in [-0.05, 0) is 43.7 Å². The van der Waals surface area contributed by atoms with Crippen molar-refractivity contribution in [3.05, 3.63) is 0 Å². The monoisotopic (exact) mass is 298 g/mol. The summed E-state index contributed by atoms with van der Waals surface area (Å²) >= 11 is 1.44. The lowest BCUT2D eigenvalue weighted by molar-refractivity contribution is -0.131. The predicted molar refractivity (Wildman–Crippen MR) is 77.5 cm³/mol. The smallest absolute Gasteiger partial charge is 0.235 e. The summed E-state index contributed by atoms with van der Waals surface area (Å²) < 4.78 is 1.74. The molecule has 1 fully saturated rings. The van der Waals surface area contributed by atoms with Gasteiger partial charge < -0.3 is 10.2 Å². The summed E-state index contributed by atoms with van der Waals surface area (Å²) in [5, 5.41) is 15.3. The summed E-state index contributed by atoms with van der Waals surface area (Å²) in [6.07, 6.45) is 3.46. The number of amides is 1.